The van der Waals surface area contributed by atoms with Crippen molar-refractivity contribution in [1.29, 1.82) is 0 Å². The number of hydrogen-bond acceptors (Lipinski definition) is 3. The van der Waals surface area contributed by atoms with E-state index in [0.717, 1.165) is 52.7 Å². The zero-order chi connectivity index (χ0) is 22.1. The van der Waals surface area contributed by atoms with Crippen LogP contribution < -0.4 is 9.62 Å². The van der Waals surface area contributed by atoms with Crippen molar-refractivity contribution in [1.82, 2.24) is 5.32 Å². The molecule has 1 amide bonds. The molecule has 5 nitrogen and oxygen atoms in total. The van der Waals surface area contributed by atoms with Crippen LogP contribution in [0.25, 0.3) is 0 Å². The third-order valence-electron chi connectivity index (χ3n) is 5.20. The summed E-state index contributed by atoms with van der Waals surface area (Å²) < 4.78 is 64.8. The minimum atomic E-state index is -4.63. The third-order valence-corrected chi connectivity index (χ3v) is 6.44. The summed E-state index contributed by atoms with van der Waals surface area (Å²) in [5.41, 5.74) is 0.912. The molecular weight excluding hydrogens is 417 g/mol. The fourth-order valence-corrected chi connectivity index (χ4v) is 4.99. The van der Waals surface area contributed by atoms with Crippen LogP contribution in [0, 0.1) is 0 Å². The van der Waals surface area contributed by atoms with E-state index in [4.69, 9.17) is 0 Å². The average Bonchev–Trinajstić information content (AvgIpc) is 2.67. The number of anilines is 1. The molecule has 1 N–H and O–H groups in total. The van der Waals surface area contributed by atoms with Gasteiger partial charge in [-0.05, 0) is 55.5 Å². The second-order valence-corrected chi connectivity index (χ2v) is 9.29. The Morgan fingerprint density at radius 1 is 1.17 bits per heavy atom. The molecule has 0 radical (unpaired) electrons. The number of halogens is 3. The Morgan fingerprint density at radius 3 is 2.53 bits per heavy atom. The summed E-state index contributed by atoms with van der Waals surface area (Å²) in [5.74, 6) is -0.570. The number of nitrogens with one attached hydrogen (secondary N) is 1. The van der Waals surface area contributed by atoms with Gasteiger partial charge in [-0.3, -0.25) is 9.10 Å². The molecule has 30 heavy (non-hydrogen) atoms. The lowest BCUT2D eigenvalue weighted by Gasteiger charge is -2.32. The normalized spacial score (nSPS) is 17.7. The van der Waals surface area contributed by atoms with E-state index in [2.05, 4.69) is 5.32 Å². The van der Waals surface area contributed by atoms with Crippen LogP contribution in [0.5, 0.6) is 0 Å². The zero-order valence-electron chi connectivity index (χ0n) is 16.6. The van der Waals surface area contributed by atoms with Crippen LogP contribution in [0.4, 0.5) is 18.9 Å². The number of aryl methyl sites for hydroxylation is 1. The number of carbonyl (C=O) groups excluding carboxylic acids is 1. The van der Waals surface area contributed by atoms with Crippen molar-refractivity contribution < 1.29 is 26.4 Å². The number of sulfonamides is 1. The summed E-state index contributed by atoms with van der Waals surface area (Å²) in [7, 11) is -4.02. The molecular formula is C21H23F3N2O3S. The number of rotatable bonds is 5. The Labute approximate surface area is 173 Å². The monoisotopic (exact) mass is 440 g/mol. The predicted molar refractivity (Wildman–Crippen MR) is 108 cm³/mol. The maximum Gasteiger partial charge on any atom is 0.416 e. The Balaban J connectivity index is 1.89. The van der Waals surface area contributed by atoms with Crippen molar-refractivity contribution >= 4 is 21.6 Å². The van der Waals surface area contributed by atoms with E-state index in [1.165, 1.54) is 13.0 Å². The summed E-state index contributed by atoms with van der Waals surface area (Å²) in [6, 6.07) is 10.2. The van der Waals surface area contributed by atoms with Gasteiger partial charge in [-0.1, -0.05) is 30.3 Å². The van der Waals surface area contributed by atoms with Crippen molar-refractivity contribution in [3.8, 4) is 0 Å². The minimum absolute atomic E-state index is 0.209. The van der Waals surface area contributed by atoms with E-state index in [9.17, 15) is 26.4 Å². The Hall–Kier alpha value is -2.55. The van der Waals surface area contributed by atoms with Crippen LogP contribution in [-0.4, -0.2) is 26.6 Å². The minimum Gasteiger partial charge on any atom is -0.347 e. The molecule has 2 aromatic carbocycles. The predicted octanol–water partition coefficient (Wildman–Crippen LogP) is 4.05. The molecule has 1 aliphatic rings. The molecule has 1 aliphatic carbocycles. The van der Waals surface area contributed by atoms with Gasteiger partial charge < -0.3 is 5.32 Å². The SMILES string of the molecule is C[C@H](C(=O)N[C@@H]1CCCc2ccccc21)N(c1cccc(C(F)(F)F)c1)S(C)(=O)=O. The van der Waals surface area contributed by atoms with E-state index in [0.29, 0.717) is 6.42 Å². The van der Waals surface area contributed by atoms with Crippen LogP contribution in [-0.2, 0) is 27.4 Å². The van der Waals surface area contributed by atoms with E-state index < -0.39 is 33.7 Å². The molecule has 9 heteroatoms. The molecule has 0 bridgehead atoms. The van der Waals surface area contributed by atoms with Crippen LogP contribution in [0.3, 0.4) is 0 Å². The molecule has 0 aromatic heterocycles. The summed E-state index contributed by atoms with van der Waals surface area (Å²) in [5, 5.41) is 2.87. The Morgan fingerprint density at radius 2 is 1.87 bits per heavy atom. The summed E-state index contributed by atoms with van der Waals surface area (Å²) in [6.45, 7) is 1.37. The summed E-state index contributed by atoms with van der Waals surface area (Å²) in [4.78, 5) is 12.9. The number of benzene rings is 2. The van der Waals surface area contributed by atoms with Gasteiger partial charge in [0.25, 0.3) is 0 Å². The first-order valence-electron chi connectivity index (χ1n) is 9.53. The number of carbonyl (C=O) groups is 1. The largest absolute Gasteiger partial charge is 0.416 e. The number of hydrogen-bond donors (Lipinski definition) is 1. The van der Waals surface area contributed by atoms with E-state index in [1.807, 2.05) is 24.3 Å². The highest BCUT2D eigenvalue weighted by atomic mass is 32.2. The molecule has 0 fully saturated rings. The maximum atomic E-state index is 13.1. The molecule has 3 rings (SSSR count). The van der Waals surface area contributed by atoms with Crippen molar-refractivity contribution in [2.24, 2.45) is 0 Å². The molecule has 0 unspecified atom stereocenters. The number of fused-ring (bicyclic) bond motifs is 1. The first kappa shape index (κ1) is 22.1. The fraction of sp³-hybridized carbons (Fsp3) is 0.381. The van der Waals surface area contributed by atoms with Gasteiger partial charge in [0, 0.05) is 0 Å². The lowest BCUT2D eigenvalue weighted by molar-refractivity contribution is -0.137. The van der Waals surface area contributed by atoms with Crippen LogP contribution >= 0.6 is 0 Å². The van der Waals surface area contributed by atoms with Gasteiger partial charge in [0.05, 0.1) is 23.5 Å². The first-order valence-corrected chi connectivity index (χ1v) is 11.4. The molecule has 0 saturated heterocycles. The van der Waals surface area contributed by atoms with Crippen LogP contribution in [0.15, 0.2) is 48.5 Å². The third kappa shape index (κ3) is 4.77. The quantitative estimate of drug-likeness (QED) is 0.763. The van der Waals surface area contributed by atoms with E-state index in [-0.39, 0.29) is 11.7 Å². The molecule has 0 spiro atoms. The number of alkyl halides is 3. The Bertz CT molecular complexity index is 1040. The van der Waals surface area contributed by atoms with Gasteiger partial charge in [0.15, 0.2) is 0 Å². The van der Waals surface area contributed by atoms with Crippen molar-refractivity contribution in [2.75, 3.05) is 10.6 Å². The molecule has 0 saturated carbocycles. The lowest BCUT2D eigenvalue weighted by atomic mass is 9.87. The smallest absolute Gasteiger partial charge is 0.347 e. The highest BCUT2D eigenvalue weighted by molar-refractivity contribution is 7.92. The number of amides is 1. The highest BCUT2D eigenvalue weighted by Crippen LogP contribution is 2.33. The standard InChI is InChI=1S/C21H23F3N2O3S/c1-14(20(27)25-19-12-5-8-15-7-3-4-11-18(15)19)26(30(2,28)29)17-10-6-9-16(13-17)21(22,23)24/h3-4,6-7,9-11,13-14,19H,5,8,12H2,1-2H3,(H,25,27)/t14-,19-/m1/s1. The molecule has 2 aromatic rings. The van der Waals surface area contributed by atoms with Gasteiger partial charge in [-0.2, -0.15) is 13.2 Å². The second kappa shape index (κ2) is 8.29. The van der Waals surface area contributed by atoms with Gasteiger partial charge in [-0.25, -0.2) is 8.42 Å². The van der Waals surface area contributed by atoms with Gasteiger partial charge in [0.1, 0.15) is 6.04 Å². The molecule has 2 atom stereocenters. The zero-order valence-corrected chi connectivity index (χ0v) is 17.4. The average molecular weight is 440 g/mol. The maximum absolute atomic E-state index is 13.1. The summed E-state index contributed by atoms with van der Waals surface area (Å²) in [6.07, 6.45) is -1.28. The first-order chi connectivity index (χ1) is 14.0. The van der Waals surface area contributed by atoms with Crippen LogP contribution in [0.2, 0.25) is 0 Å². The highest BCUT2D eigenvalue weighted by Gasteiger charge is 2.35. The fourth-order valence-electron chi connectivity index (χ4n) is 3.82. The van der Waals surface area contributed by atoms with Crippen molar-refractivity contribution in [3.05, 3.63) is 65.2 Å². The van der Waals surface area contributed by atoms with E-state index >= 15 is 0 Å². The van der Waals surface area contributed by atoms with Gasteiger partial charge in [-0.15, -0.1) is 0 Å². The summed E-state index contributed by atoms with van der Waals surface area (Å²) >= 11 is 0. The topological polar surface area (TPSA) is 66.5 Å². The Kier molecular flexibility index (Phi) is 6.12. The molecule has 0 heterocycles. The van der Waals surface area contributed by atoms with E-state index in [1.54, 1.807) is 0 Å². The van der Waals surface area contributed by atoms with Gasteiger partial charge >= 0.3 is 6.18 Å². The van der Waals surface area contributed by atoms with Gasteiger partial charge in [0.2, 0.25) is 15.9 Å². The lowest BCUT2D eigenvalue weighted by Crippen LogP contribution is -2.49. The number of nitrogens with zero attached hydrogens (tertiary/aromatic N) is 1. The molecule has 0 aliphatic heterocycles. The van der Waals surface area contributed by atoms with Crippen molar-refractivity contribution in [2.45, 2.75) is 44.4 Å². The molecule has 162 valence electrons. The second-order valence-electron chi connectivity index (χ2n) is 7.44. The van der Waals surface area contributed by atoms with Crippen LogP contribution in [0.1, 0.15) is 42.5 Å². The van der Waals surface area contributed by atoms with Crippen molar-refractivity contribution in [3.63, 3.8) is 0 Å².